The summed E-state index contributed by atoms with van der Waals surface area (Å²) in [4.78, 5) is 13.5. The molecular weight excluding hydrogens is 364 g/mol. The minimum absolute atomic E-state index is 0.578. The number of fused-ring (bicyclic) bond motifs is 1. The van der Waals surface area contributed by atoms with Crippen molar-refractivity contribution >= 4 is 28.5 Å². The van der Waals surface area contributed by atoms with E-state index in [0.29, 0.717) is 5.92 Å². The van der Waals surface area contributed by atoms with Crippen molar-refractivity contribution in [3.63, 3.8) is 0 Å². The van der Waals surface area contributed by atoms with Gasteiger partial charge in [0.1, 0.15) is 11.6 Å². The standard InChI is InChI=1S/C23H28N4S/c1-16-13-22(25-21-14-19(28-2)5-6-20(16)21)26-10-7-18(8-11-26)23-24-9-12-27(23)15-17-3-4-17/h5-6,9,12-14,17-18H,3-4,7-8,10-11,15H2,1-2H3. The van der Waals surface area contributed by atoms with Gasteiger partial charge < -0.3 is 9.47 Å². The second-order valence-electron chi connectivity index (χ2n) is 8.32. The molecule has 2 aromatic heterocycles. The van der Waals surface area contributed by atoms with E-state index in [4.69, 9.17) is 9.97 Å². The zero-order chi connectivity index (χ0) is 19.1. The fraction of sp³-hybridized carbons (Fsp3) is 0.478. The van der Waals surface area contributed by atoms with Gasteiger partial charge in [0.25, 0.3) is 0 Å². The Morgan fingerprint density at radius 3 is 2.68 bits per heavy atom. The zero-order valence-corrected chi connectivity index (χ0v) is 17.6. The number of thioether (sulfide) groups is 1. The van der Waals surface area contributed by atoms with E-state index >= 15 is 0 Å². The SMILES string of the molecule is CSc1ccc2c(C)cc(N3CCC(c4nccn4CC4CC4)CC3)nc2c1. The number of benzene rings is 1. The fourth-order valence-corrected chi connectivity index (χ4v) is 4.87. The number of aryl methyl sites for hydroxylation is 1. The molecule has 3 heterocycles. The van der Waals surface area contributed by atoms with Crippen LogP contribution in [0.1, 0.15) is 43.0 Å². The first-order chi connectivity index (χ1) is 13.7. The molecule has 5 rings (SSSR count). The molecule has 5 heteroatoms. The number of nitrogens with zero attached hydrogens (tertiary/aromatic N) is 4. The number of aromatic nitrogens is 3. The summed E-state index contributed by atoms with van der Waals surface area (Å²) >= 11 is 1.78. The largest absolute Gasteiger partial charge is 0.357 e. The molecule has 3 aromatic rings. The molecule has 0 atom stereocenters. The topological polar surface area (TPSA) is 34.0 Å². The first kappa shape index (κ1) is 18.0. The van der Waals surface area contributed by atoms with Crippen LogP contribution in [0.4, 0.5) is 5.82 Å². The molecule has 1 aromatic carbocycles. The van der Waals surface area contributed by atoms with E-state index < -0.39 is 0 Å². The van der Waals surface area contributed by atoms with Crippen LogP contribution in [0.2, 0.25) is 0 Å². The summed E-state index contributed by atoms with van der Waals surface area (Å²) in [6, 6.07) is 8.88. The van der Waals surface area contributed by atoms with Crippen molar-refractivity contribution in [1.29, 1.82) is 0 Å². The minimum atomic E-state index is 0.578. The highest BCUT2D eigenvalue weighted by Gasteiger charge is 2.27. The first-order valence-corrected chi connectivity index (χ1v) is 11.6. The molecule has 0 amide bonds. The molecule has 0 radical (unpaired) electrons. The number of pyridine rings is 1. The lowest BCUT2D eigenvalue weighted by Gasteiger charge is -2.33. The molecule has 0 unspecified atom stereocenters. The summed E-state index contributed by atoms with van der Waals surface area (Å²) in [7, 11) is 0. The van der Waals surface area contributed by atoms with Crippen molar-refractivity contribution < 1.29 is 0 Å². The van der Waals surface area contributed by atoms with Crippen LogP contribution in [0.5, 0.6) is 0 Å². The van der Waals surface area contributed by atoms with E-state index in [0.717, 1.165) is 43.2 Å². The van der Waals surface area contributed by atoms with E-state index in [1.54, 1.807) is 11.8 Å². The van der Waals surface area contributed by atoms with Gasteiger partial charge in [0.15, 0.2) is 0 Å². The molecule has 1 saturated heterocycles. The van der Waals surface area contributed by atoms with Gasteiger partial charge in [0, 0.05) is 48.2 Å². The quantitative estimate of drug-likeness (QED) is 0.555. The van der Waals surface area contributed by atoms with Gasteiger partial charge in [-0.2, -0.15) is 0 Å². The zero-order valence-electron chi connectivity index (χ0n) is 16.8. The molecule has 4 nitrogen and oxygen atoms in total. The highest BCUT2D eigenvalue weighted by molar-refractivity contribution is 7.98. The molecule has 2 fully saturated rings. The van der Waals surface area contributed by atoms with Gasteiger partial charge in [-0.3, -0.25) is 0 Å². The summed E-state index contributed by atoms with van der Waals surface area (Å²) in [6.07, 6.45) is 11.4. The molecule has 1 aliphatic carbocycles. The van der Waals surface area contributed by atoms with E-state index in [1.807, 2.05) is 6.20 Å². The summed E-state index contributed by atoms with van der Waals surface area (Å²) < 4.78 is 2.42. The van der Waals surface area contributed by atoms with Crippen molar-refractivity contribution in [3.8, 4) is 0 Å². The Balaban J connectivity index is 1.33. The summed E-state index contributed by atoms with van der Waals surface area (Å²) in [5.74, 6) is 3.90. The summed E-state index contributed by atoms with van der Waals surface area (Å²) in [6.45, 7) is 5.48. The third-order valence-corrected chi connectivity index (χ3v) is 7.02. The second kappa shape index (κ2) is 7.43. The Hall–Kier alpha value is -2.01. The maximum Gasteiger partial charge on any atom is 0.129 e. The number of rotatable bonds is 5. The predicted octanol–water partition coefficient (Wildman–Crippen LogP) is 5.26. The average Bonchev–Trinajstić information content (AvgIpc) is 3.42. The molecule has 1 aliphatic heterocycles. The van der Waals surface area contributed by atoms with Crippen LogP contribution < -0.4 is 4.90 Å². The number of anilines is 1. The third kappa shape index (κ3) is 3.52. The van der Waals surface area contributed by atoms with Gasteiger partial charge in [0.2, 0.25) is 0 Å². The highest BCUT2D eigenvalue weighted by atomic mass is 32.2. The fourth-order valence-electron chi connectivity index (χ4n) is 4.43. The third-order valence-electron chi connectivity index (χ3n) is 6.29. The van der Waals surface area contributed by atoms with Crippen LogP contribution in [-0.2, 0) is 6.54 Å². The summed E-state index contributed by atoms with van der Waals surface area (Å²) in [5.41, 5.74) is 2.43. The predicted molar refractivity (Wildman–Crippen MR) is 117 cm³/mol. The molecule has 0 spiro atoms. The Morgan fingerprint density at radius 1 is 1.11 bits per heavy atom. The van der Waals surface area contributed by atoms with Crippen molar-refractivity contribution in [2.24, 2.45) is 5.92 Å². The lowest BCUT2D eigenvalue weighted by atomic mass is 9.95. The minimum Gasteiger partial charge on any atom is -0.357 e. The molecule has 28 heavy (non-hydrogen) atoms. The number of hydrogen-bond acceptors (Lipinski definition) is 4. The second-order valence-corrected chi connectivity index (χ2v) is 9.20. The highest BCUT2D eigenvalue weighted by Crippen LogP contribution is 2.34. The lowest BCUT2D eigenvalue weighted by Crippen LogP contribution is -2.34. The van der Waals surface area contributed by atoms with Crippen LogP contribution in [0, 0.1) is 12.8 Å². The van der Waals surface area contributed by atoms with Crippen molar-refractivity contribution in [3.05, 3.63) is 48.0 Å². The van der Waals surface area contributed by atoms with Crippen LogP contribution in [0.25, 0.3) is 10.9 Å². The smallest absolute Gasteiger partial charge is 0.129 e. The average molecular weight is 393 g/mol. The lowest BCUT2D eigenvalue weighted by molar-refractivity contribution is 0.456. The van der Waals surface area contributed by atoms with E-state index in [9.17, 15) is 0 Å². The van der Waals surface area contributed by atoms with Crippen molar-refractivity contribution in [1.82, 2.24) is 14.5 Å². The van der Waals surface area contributed by atoms with Crippen LogP contribution in [0.3, 0.4) is 0 Å². The van der Waals surface area contributed by atoms with Gasteiger partial charge in [-0.15, -0.1) is 11.8 Å². The molecular formula is C23H28N4S. The van der Waals surface area contributed by atoms with Gasteiger partial charge in [-0.05, 0) is 68.5 Å². The van der Waals surface area contributed by atoms with E-state index in [2.05, 4.69) is 53.1 Å². The molecule has 0 N–H and O–H groups in total. The number of imidazole rings is 1. The van der Waals surface area contributed by atoms with Crippen LogP contribution in [0.15, 0.2) is 41.6 Å². The maximum atomic E-state index is 5.01. The van der Waals surface area contributed by atoms with Gasteiger partial charge in [-0.25, -0.2) is 9.97 Å². The number of piperidine rings is 1. The first-order valence-electron chi connectivity index (χ1n) is 10.4. The molecule has 1 saturated carbocycles. The maximum absolute atomic E-state index is 5.01. The van der Waals surface area contributed by atoms with Gasteiger partial charge in [-0.1, -0.05) is 6.07 Å². The Labute approximate surface area is 171 Å². The van der Waals surface area contributed by atoms with Gasteiger partial charge in [0.05, 0.1) is 5.52 Å². The monoisotopic (exact) mass is 392 g/mol. The normalized spacial score (nSPS) is 18.1. The Bertz CT molecular complexity index is 983. The molecule has 146 valence electrons. The van der Waals surface area contributed by atoms with E-state index in [-0.39, 0.29) is 0 Å². The summed E-state index contributed by atoms with van der Waals surface area (Å²) in [5, 5.41) is 1.26. The Kier molecular flexibility index (Phi) is 4.79. The van der Waals surface area contributed by atoms with Gasteiger partial charge >= 0.3 is 0 Å². The van der Waals surface area contributed by atoms with Crippen molar-refractivity contribution in [2.45, 2.75) is 50.0 Å². The van der Waals surface area contributed by atoms with E-state index in [1.165, 1.54) is 41.1 Å². The van der Waals surface area contributed by atoms with Crippen LogP contribution in [-0.4, -0.2) is 33.9 Å². The van der Waals surface area contributed by atoms with Crippen LogP contribution >= 0.6 is 11.8 Å². The molecule has 2 aliphatic rings. The Morgan fingerprint density at radius 2 is 1.93 bits per heavy atom. The molecule has 0 bridgehead atoms. The van der Waals surface area contributed by atoms with Crippen molar-refractivity contribution in [2.75, 3.05) is 24.2 Å². The number of hydrogen-bond donors (Lipinski definition) is 0.